The molecule has 0 atom stereocenters. The lowest BCUT2D eigenvalue weighted by Crippen LogP contribution is -2.29. The van der Waals surface area contributed by atoms with E-state index < -0.39 is 14.9 Å². The topological polar surface area (TPSA) is 130 Å². The minimum atomic E-state index is -3.97. The molecular formula is C17H12N4O5S. The van der Waals surface area contributed by atoms with E-state index in [0.29, 0.717) is 27.7 Å². The van der Waals surface area contributed by atoms with Crippen LogP contribution in [0.25, 0.3) is 10.8 Å². The van der Waals surface area contributed by atoms with Crippen molar-refractivity contribution in [3.63, 3.8) is 0 Å². The van der Waals surface area contributed by atoms with Gasteiger partial charge >= 0.3 is 0 Å². The maximum atomic E-state index is 12.7. The number of hydrazine groups is 1. The number of non-ortho nitro benzene ring substituents is 1. The summed E-state index contributed by atoms with van der Waals surface area (Å²) in [5.74, 6) is -0.276. The van der Waals surface area contributed by atoms with E-state index in [1.165, 1.54) is 36.4 Å². The quantitative estimate of drug-likeness (QED) is 0.458. The summed E-state index contributed by atoms with van der Waals surface area (Å²) in [6.07, 6.45) is 0. The summed E-state index contributed by atoms with van der Waals surface area (Å²) in [6.45, 7) is 0. The highest BCUT2D eigenvalue weighted by molar-refractivity contribution is 7.89. The van der Waals surface area contributed by atoms with E-state index in [1.807, 2.05) is 0 Å². The van der Waals surface area contributed by atoms with Gasteiger partial charge in [-0.2, -0.15) is 0 Å². The Hall–Kier alpha value is -3.50. The Bertz CT molecular complexity index is 1210. The summed E-state index contributed by atoms with van der Waals surface area (Å²) in [5.41, 5.74) is 3.74. The summed E-state index contributed by atoms with van der Waals surface area (Å²) in [7, 11) is -3.97. The first kappa shape index (κ1) is 16.9. The van der Waals surface area contributed by atoms with Crippen LogP contribution >= 0.6 is 0 Å². The second-order valence-electron chi connectivity index (χ2n) is 5.83. The lowest BCUT2D eigenvalue weighted by molar-refractivity contribution is -0.384. The third kappa shape index (κ3) is 2.86. The predicted molar refractivity (Wildman–Crippen MR) is 98.9 cm³/mol. The molecule has 1 heterocycles. The molecule has 0 aliphatic carbocycles. The average molecular weight is 384 g/mol. The van der Waals surface area contributed by atoms with Crippen LogP contribution in [0.3, 0.4) is 0 Å². The van der Waals surface area contributed by atoms with E-state index in [2.05, 4.69) is 15.6 Å². The van der Waals surface area contributed by atoms with E-state index in [-0.39, 0.29) is 16.5 Å². The molecule has 136 valence electrons. The number of benzene rings is 3. The molecule has 1 aliphatic rings. The Morgan fingerprint density at radius 2 is 1.74 bits per heavy atom. The molecule has 0 unspecified atom stereocenters. The van der Waals surface area contributed by atoms with Gasteiger partial charge in [0.1, 0.15) is 0 Å². The molecule has 1 amide bonds. The third-order valence-corrected chi connectivity index (χ3v) is 5.50. The highest BCUT2D eigenvalue weighted by Crippen LogP contribution is 2.36. The Morgan fingerprint density at radius 1 is 1.00 bits per heavy atom. The number of carbonyl (C=O) groups excluding carboxylic acids is 1. The number of amides is 1. The van der Waals surface area contributed by atoms with Gasteiger partial charge in [-0.25, -0.2) is 8.42 Å². The van der Waals surface area contributed by atoms with Crippen LogP contribution in [0.1, 0.15) is 10.4 Å². The highest BCUT2D eigenvalue weighted by atomic mass is 32.2. The Balaban J connectivity index is 1.66. The van der Waals surface area contributed by atoms with Gasteiger partial charge in [0, 0.05) is 34.2 Å². The van der Waals surface area contributed by atoms with Gasteiger partial charge in [0.25, 0.3) is 21.6 Å². The fourth-order valence-electron chi connectivity index (χ4n) is 2.94. The number of nitro benzene ring substituents is 1. The number of anilines is 2. The lowest BCUT2D eigenvalue weighted by Gasteiger charge is -2.12. The summed E-state index contributed by atoms with van der Waals surface area (Å²) in [4.78, 5) is 24.3. The molecule has 4 rings (SSSR count). The molecule has 0 bridgehead atoms. The minimum absolute atomic E-state index is 0.00834. The van der Waals surface area contributed by atoms with Gasteiger partial charge in [-0.3, -0.25) is 14.9 Å². The number of carbonyl (C=O) groups is 1. The van der Waals surface area contributed by atoms with Crippen LogP contribution in [-0.4, -0.2) is 19.2 Å². The maximum absolute atomic E-state index is 12.7. The minimum Gasteiger partial charge on any atom is -0.321 e. The molecule has 1 aliphatic heterocycles. The molecule has 0 spiro atoms. The molecule has 3 aromatic carbocycles. The second kappa shape index (κ2) is 6.04. The largest absolute Gasteiger partial charge is 0.321 e. The summed E-state index contributed by atoms with van der Waals surface area (Å²) >= 11 is 0. The summed E-state index contributed by atoms with van der Waals surface area (Å²) < 4.78 is 25.5. The van der Waals surface area contributed by atoms with Crippen molar-refractivity contribution in [2.45, 2.75) is 4.90 Å². The van der Waals surface area contributed by atoms with Crippen LogP contribution in [0.15, 0.2) is 59.5 Å². The third-order valence-electron chi connectivity index (χ3n) is 4.19. The van der Waals surface area contributed by atoms with E-state index in [9.17, 15) is 23.3 Å². The molecule has 0 saturated heterocycles. The Morgan fingerprint density at radius 3 is 2.44 bits per heavy atom. The van der Waals surface area contributed by atoms with Crippen molar-refractivity contribution >= 4 is 43.8 Å². The molecule has 10 heteroatoms. The maximum Gasteiger partial charge on any atom is 0.269 e. The number of hydrogen-bond acceptors (Lipinski definition) is 6. The first-order chi connectivity index (χ1) is 12.9. The molecule has 0 aromatic heterocycles. The molecule has 0 fully saturated rings. The zero-order valence-corrected chi connectivity index (χ0v) is 14.4. The molecule has 0 saturated carbocycles. The number of rotatable bonds is 5. The van der Waals surface area contributed by atoms with E-state index in [1.54, 1.807) is 18.2 Å². The van der Waals surface area contributed by atoms with Crippen LogP contribution in [-0.2, 0) is 10.0 Å². The summed E-state index contributed by atoms with van der Waals surface area (Å²) in [6, 6.07) is 13.1. The van der Waals surface area contributed by atoms with Gasteiger partial charge in [0.2, 0.25) is 0 Å². The monoisotopic (exact) mass is 384 g/mol. The van der Waals surface area contributed by atoms with Crippen molar-refractivity contribution in [3.05, 3.63) is 70.3 Å². The standard InChI is InChI=1S/C17H12N4O5S/c22-17-13-3-1-2-12-15(9-8-14(18-17)16(12)13)27(25,26)20-19-10-4-6-11(7-5-10)21(23)24/h1-9,19-20H,(H,18,22). The normalized spacial score (nSPS) is 12.8. The summed E-state index contributed by atoms with van der Waals surface area (Å²) in [5, 5.41) is 14.3. The van der Waals surface area contributed by atoms with E-state index in [0.717, 1.165) is 0 Å². The van der Waals surface area contributed by atoms with Crippen molar-refractivity contribution in [1.82, 2.24) is 4.83 Å². The SMILES string of the molecule is O=C1Nc2ccc(S(=O)(=O)NNc3ccc([N+](=O)[O-])cc3)c3cccc1c23. The smallest absolute Gasteiger partial charge is 0.269 e. The molecule has 27 heavy (non-hydrogen) atoms. The highest BCUT2D eigenvalue weighted by Gasteiger charge is 2.26. The van der Waals surface area contributed by atoms with E-state index in [4.69, 9.17) is 0 Å². The van der Waals surface area contributed by atoms with Crippen LogP contribution in [0.2, 0.25) is 0 Å². The first-order valence-electron chi connectivity index (χ1n) is 7.76. The van der Waals surface area contributed by atoms with Gasteiger partial charge in [-0.1, -0.05) is 12.1 Å². The number of nitro groups is 1. The number of nitrogens with zero attached hydrogens (tertiary/aromatic N) is 1. The molecular weight excluding hydrogens is 372 g/mol. The average Bonchev–Trinajstić information content (AvgIpc) is 2.98. The fraction of sp³-hybridized carbons (Fsp3) is 0. The van der Waals surface area contributed by atoms with Crippen LogP contribution in [0, 0.1) is 10.1 Å². The van der Waals surface area contributed by atoms with E-state index >= 15 is 0 Å². The number of nitrogens with one attached hydrogen (secondary N) is 3. The van der Waals surface area contributed by atoms with Gasteiger partial charge < -0.3 is 10.7 Å². The number of sulfonamides is 1. The fourth-order valence-corrected chi connectivity index (χ4v) is 4.01. The van der Waals surface area contributed by atoms with Crippen molar-refractivity contribution < 1.29 is 18.1 Å². The van der Waals surface area contributed by atoms with Crippen LogP contribution in [0.4, 0.5) is 17.1 Å². The zero-order valence-electron chi connectivity index (χ0n) is 13.6. The van der Waals surface area contributed by atoms with Gasteiger partial charge in [0.15, 0.2) is 0 Å². The Kier molecular flexibility index (Phi) is 3.79. The predicted octanol–water partition coefficient (Wildman–Crippen LogP) is 2.62. The van der Waals surface area contributed by atoms with Crippen molar-refractivity contribution in [2.24, 2.45) is 0 Å². The van der Waals surface area contributed by atoms with Crippen LogP contribution in [0.5, 0.6) is 0 Å². The zero-order chi connectivity index (χ0) is 19.2. The molecule has 9 nitrogen and oxygen atoms in total. The van der Waals surface area contributed by atoms with Crippen LogP contribution < -0.4 is 15.6 Å². The van der Waals surface area contributed by atoms with Gasteiger partial charge in [-0.15, -0.1) is 4.83 Å². The van der Waals surface area contributed by atoms with Crippen molar-refractivity contribution in [2.75, 3.05) is 10.7 Å². The molecule has 0 radical (unpaired) electrons. The molecule has 3 N–H and O–H groups in total. The second-order valence-corrected chi connectivity index (χ2v) is 7.48. The first-order valence-corrected chi connectivity index (χ1v) is 9.24. The van der Waals surface area contributed by atoms with Gasteiger partial charge in [0.05, 0.1) is 15.5 Å². The Labute approximate surface area is 153 Å². The van der Waals surface area contributed by atoms with Gasteiger partial charge in [-0.05, 0) is 30.3 Å². The lowest BCUT2D eigenvalue weighted by atomic mass is 10.1. The molecule has 3 aromatic rings. The number of hydrogen-bond donors (Lipinski definition) is 3. The van der Waals surface area contributed by atoms with Crippen molar-refractivity contribution in [1.29, 1.82) is 0 Å². The van der Waals surface area contributed by atoms with Crippen molar-refractivity contribution in [3.8, 4) is 0 Å².